The van der Waals surface area contributed by atoms with E-state index in [2.05, 4.69) is 51.7 Å². The Balaban J connectivity index is 1.90. The van der Waals surface area contributed by atoms with Crippen LogP contribution in [0.2, 0.25) is 0 Å². The van der Waals surface area contributed by atoms with Gasteiger partial charge in [0, 0.05) is 73.3 Å². The quantitative estimate of drug-likeness (QED) is 0.357. The highest BCUT2D eigenvalue weighted by atomic mass is 16.5. The number of fused-ring (bicyclic) bond motifs is 1. The molecular weight excluding hydrogens is 388 g/mol. The van der Waals surface area contributed by atoms with Crippen molar-refractivity contribution in [1.29, 1.82) is 0 Å². The molecule has 6 nitrogen and oxygen atoms in total. The molecule has 1 aliphatic rings. The summed E-state index contributed by atoms with van der Waals surface area (Å²) in [5.74, 6) is 0.795. The highest BCUT2D eigenvalue weighted by Crippen LogP contribution is 2.33. The van der Waals surface area contributed by atoms with E-state index in [0.29, 0.717) is 18.2 Å². The van der Waals surface area contributed by atoms with Crippen molar-refractivity contribution in [2.75, 3.05) is 43.6 Å². The number of anilines is 2. The first-order chi connectivity index (χ1) is 15.1. The summed E-state index contributed by atoms with van der Waals surface area (Å²) in [6.45, 7) is 9.15. The summed E-state index contributed by atoms with van der Waals surface area (Å²) in [4.78, 5) is 18.7. The monoisotopic (exact) mass is 422 g/mol. The van der Waals surface area contributed by atoms with E-state index in [-0.39, 0.29) is 0 Å². The second-order valence-electron chi connectivity index (χ2n) is 7.92. The van der Waals surface area contributed by atoms with Gasteiger partial charge in [-0.25, -0.2) is 4.98 Å². The minimum Gasteiger partial charge on any atom is -0.392 e. The summed E-state index contributed by atoms with van der Waals surface area (Å²) in [6, 6.07) is 8.94. The van der Waals surface area contributed by atoms with Crippen LogP contribution in [0.5, 0.6) is 0 Å². The Kier molecular flexibility index (Phi) is 8.06. The van der Waals surface area contributed by atoms with Crippen molar-refractivity contribution in [2.24, 2.45) is 0 Å². The minimum absolute atomic E-state index is 0.427. The Morgan fingerprint density at radius 2 is 2.00 bits per heavy atom. The number of carbonyl (C=O) groups is 1. The molecule has 1 aromatic heterocycles. The number of ether oxygens (including phenoxy) is 1. The second-order valence-corrected chi connectivity index (χ2v) is 7.92. The fraction of sp³-hybridized carbons (Fsp3) is 0.440. The van der Waals surface area contributed by atoms with Crippen molar-refractivity contribution in [3.05, 3.63) is 53.4 Å². The van der Waals surface area contributed by atoms with Gasteiger partial charge in [0.15, 0.2) is 0 Å². The molecule has 1 saturated heterocycles. The van der Waals surface area contributed by atoms with Crippen molar-refractivity contribution in [1.82, 2.24) is 10.3 Å². The number of aromatic nitrogens is 1. The first-order valence-electron chi connectivity index (χ1n) is 11.1. The van der Waals surface area contributed by atoms with Crippen LogP contribution in [0.3, 0.4) is 0 Å². The van der Waals surface area contributed by atoms with Crippen LogP contribution >= 0.6 is 0 Å². The molecule has 0 amide bonds. The number of allylic oxidation sites excluding steroid dienone is 3. The molecule has 2 N–H and O–H groups in total. The summed E-state index contributed by atoms with van der Waals surface area (Å²) >= 11 is 0. The maximum Gasteiger partial charge on any atom is 0.148 e. The third kappa shape index (κ3) is 5.44. The Hall–Kier alpha value is -2.86. The molecule has 1 aliphatic heterocycles. The molecule has 0 saturated carbocycles. The van der Waals surface area contributed by atoms with Crippen LogP contribution in [0.25, 0.3) is 10.8 Å². The number of carbonyl (C=O) groups excluding carboxylic acids is 1. The SMILES string of the molecule is CCN(c1cccc2c(NC/C(C=O)=C(C)/C=C(/C)NC)nccc12)C1CCOCC1. The van der Waals surface area contributed by atoms with Gasteiger partial charge in [-0.05, 0) is 57.4 Å². The molecule has 0 atom stereocenters. The molecule has 0 spiro atoms. The van der Waals surface area contributed by atoms with Crippen molar-refractivity contribution < 1.29 is 9.53 Å². The molecule has 0 aliphatic carbocycles. The molecule has 2 aromatic rings. The molecule has 2 heterocycles. The summed E-state index contributed by atoms with van der Waals surface area (Å²) in [5.41, 5.74) is 3.89. The summed E-state index contributed by atoms with van der Waals surface area (Å²) < 4.78 is 5.56. The molecular formula is C25H34N4O2. The summed E-state index contributed by atoms with van der Waals surface area (Å²) in [5, 5.41) is 8.71. The number of hydrogen-bond acceptors (Lipinski definition) is 6. The van der Waals surface area contributed by atoms with E-state index in [1.54, 1.807) is 0 Å². The van der Waals surface area contributed by atoms with Gasteiger partial charge >= 0.3 is 0 Å². The molecule has 31 heavy (non-hydrogen) atoms. The molecule has 1 aromatic carbocycles. The maximum absolute atomic E-state index is 11.7. The molecule has 0 unspecified atom stereocenters. The van der Waals surface area contributed by atoms with Crippen molar-refractivity contribution >= 4 is 28.6 Å². The Labute approximate surface area is 185 Å². The zero-order chi connectivity index (χ0) is 22.2. The lowest BCUT2D eigenvalue weighted by Gasteiger charge is -2.36. The average Bonchev–Trinajstić information content (AvgIpc) is 2.80. The lowest BCUT2D eigenvalue weighted by Crippen LogP contribution is -2.39. The van der Waals surface area contributed by atoms with Crippen molar-refractivity contribution in [3.63, 3.8) is 0 Å². The number of benzene rings is 1. The van der Waals surface area contributed by atoms with Crippen LogP contribution in [0.1, 0.15) is 33.6 Å². The largest absolute Gasteiger partial charge is 0.392 e. The zero-order valence-electron chi connectivity index (χ0n) is 19.1. The first-order valence-corrected chi connectivity index (χ1v) is 11.1. The highest BCUT2D eigenvalue weighted by molar-refractivity contribution is 6.00. The Bertz CT molecular complexity index is 961. The van der Waals surface area contributed by atoms with Gasteiger partial charge in [0.2, 0.25) is 0 Å². The van der Waals surface area contributed by atoms with E-state index in [4.69, 9.17) is 4.74 Å². The molecule has 0 radical (unpaired) electrons. The van der Waals surface area contributed by atoms with E-state index < -0.39 is 0 Å². The van der Waals surface area contributed by atoms with E-state index in [1.165, 1.54) is 11.1 Å². The minimum atomic E-state index is 0.427. The van der Waals surface area contributed by atoms with Gasteiger partial charge in [-0.2, -0.15) is 0 Å². The number of hydrogen-bond donors (Lipinski definition) is 2. The van der Waals surface area contributed by atoms with Crippen molar-refractivity contribution in [3.8, 4) is 0 Å². The van der Waals surface area contributed by atoms with Gasteiger partial charge in [-0.1, -0.05) is 12.1 Å². The van der Waals surface area contributed by atoms with E-state index >= 15 is 0 Å². The lowest BCUT2D eigenvalue weighted by atomic mass is 10.0. The van der Waals surface area contributed by atoms with Crippen LogP contribution in [-0.2, 0) is 9.53 Å². The second kappa shape index (κ2) is 11.0. The first kappa shape index (κ1) is 22.8. The van der Waals surface area contributed by atoms with Gasteiger partial charge in [0.05, 0.1) is 0 Å². The van der Waals surface area contributed by atoms with E-state index in [1.807, 2.05) is 33.2 Å². The number of pyridine rings is 1. The van der Waals surface area contributed by atoms with Crippen molar-refractivity contribution in [2.45, 2.75) is 39.7 Å². The number of nitrogens with zero attached hydrogens (tertiary/aromatic N) is 2. The average molecular weight is 423 g/mol. The summed E-state index contributed by atoms with van der Waals surface area (Å²) in [7, 11) is 1.87. The Morgan fingerprint density at radius 3 is 2.68 bits per heavy atom. The van der Waals surface area contributed by atoms with Gasteiger partial charge in [0.25, 0.3) is 0 Å². The van der Waals surface area contributed by atoms with Gasteiger partial charge in [-0.3, -0.25) is 4.79 Å². The third-order valence-electron chi connectivity index (χ3n) is 5.99. The van der Waals surface area contributed by atoms with Gasteiger partial charge in [0.1, 0.15) is 12.1 Å². The highest BCUT2D eigenvalue weighted by Gasteiger charge is 2.22. The number of rotatable bonds is 9. The standard InChI is InChI=1S/C25H34N4O2/c1-5-29(21-10-13-31-14-11-21)24-8-6-7-23-22(24)9-12-27-25(23)28-16-20(17-30)18(2)15-19(3)26-4/h6-9,12,15,17,21,26H,5,10-11,13-14,16H2,1-4H3,(H,27,28)/b19-15-,20-18-. The smallest absolute Gasteiger partial charge is 0.148 e. The zero-order valence-corrected chi connectivity index (χ0v) is 19.1. The topological polar surface area (TPSA) is 66.5 Å². The van der Waals surface area contributed by atoms with Crippen LogP contribution in [-0.4, -0.2) is 50.7 Å². The molecule has 166 valence electrons. The van der Waals surface area contributed by atoms with Crippen LogP contribution in [0, 0.1) is 0 Å². The van der Waals surface area contributed by atoms with Gasteiger partial charge < -0.3 is 20.3 Å². The maximum atomic E-state index is 11.7. The number of nitrogens with one attached hydrogen (secondary N) is 2. The summed E-state index contributed by atoms with van der Waals surface area (Å²) in [6.07, 6.45) is 6.84. The number of aldehydes is 1. The van der Waals surface area contributed by atoms with Crippen LogP contribution < -0.4 is 15.5 Å². The fourth-order valence-electron chi connectivity index (χ4n) is 4.15. The lowest BCUT2D eigenvalue weighted by molar-refractivity contribution is -0.104. The normalized spacial score (nSPS) is 16.1. The molecule has 1 fully saturated rings. The Morgan fingerprint density at radius 1 is 1.23 bits per heavy atom. The molecule has 0 bridgehead atoms. The van der Waals surface area contributed by atoms with Gasteiger partial charge in [-0.15, -0.1) is 0 Å². The predicted octanol–water partition coefficient (Wildman–Crippen LogP) is 4.29. The van der Waals surface area contributed by atoms with E-state index in [9.17, 15) is 4.79 Å². The van der Waals surface area contributed by atoms with E-state index in [0.717, 1.165) is 61.4 Å². The van der Waals surface area contributed by atoms with Crippen LogP contribution in [0.4, 0.5) is 11.5 Å². The molecule has 3 rings (SSSR count). The third-order valence-corrected chi connectivity index (χ3v) is 5.99. The fourth-order valence-corrected chi connectivity index (χ4v) is 4.15. The predicted molar refractivity (Wildman–Crippen MR) is 129 cm³/mol. The van der Waals surface area contributed by atoms with Crippen LogP contribution in [0.15, 0.2) is 53.4 Å². The molecule has 6 heteroatoms.